The largest absolute Gasteiger partial charge is 0.457 e. The van der Waals surface area contributed by atoms with Crippen molar-refractivity contribution in [3.8, 4) is 17.2 Å². The van der Waals surface area contributed by atoms with Crippen molar-refractivity contribution in [2.24, 2.45) is 0 Å². The number of benzene rings is 3. The molecule has 0 spiro atoms. The Kier molecular flexibility index (Phi) is 6.10. The first-order chi connectivity index (χ1) is 17.0. The highest BCUT2D eigenvalue weighted by Gasteiger charge is 2.26. The summed E-state index contributed by atoms with van der Waals surface area (Å²) in [6, 6.07) is 26.4. The second-order valence-corrected chi connectivity index (χ2v) is 8.44. The van der Waals surface area contributed by atoms with Gasteiger partial charge in [-0.15, -0.1) is 0 Å². The van der Waals surface area contributed by atoms with Crippen LogP contribution in [-0.4, -0.2) is 29.7 Å². The lowest BCUT2D eigenvalue weighted by Gasteiger charge is -2.17. The van der Waals surface area contributed by atoms with Crippen molar-refractivity contribution in [2.75, 3.05) is 13.4 Å². The van der Waals surface area contributed by atoms with E-state index in [9.17, 15) is 9.59 Å². The van der Waals surface area contributed by atoms with Gasteiger partial charge in [0.15, 0.2) is 18.1 Å². The SMILES string of the molecule is Cc1cc(C(=O)COC(=O)C(c2ccccc2)c2ccccc2)c(C)n1-c1ccc2c(c1)OCO2. The summed E-state index contributed by atoms with van der Waals surface area (Å²) in [6.45, 7) is 3.68. The second kappa shape index (κ2) is 9.50. The van der Waals surface area contributed by atoms with E-state index in [2.05, 4.69) is 0 Å². The molecule has 35 heavy (non-hydrogen) atoms. The van der Waals surface area contributed by atoms with E-state index in [1.54, 1.807) is 0 Å². The van der Waals surface area contributed by atoms with Gasteiger partial charge in [0.2, 0.25) is 12.6 Å². The number of hydrogen-bond donors (Lipinski definition) is 0. The second-order valence-electron chi connectivity index (χ2n) is 8.44. The minimum absolute atomic E-state index is 0.199. The van der Waals surface area contributed by atoms with Gasteiger partial charge in [0, 0.05) is 28.7 Å². The molecule has 0 amide bonds. The zero-order chi connectivity index (χ0) is 24.4. The minimum atomic E-state index is -0.605. The highest BCUT2D eigenvalue weighted by Crippen LogP contribution is 2.35. The number of aryl methyl sites for hydroxylation is 1. The third-order valence-corrected chi connectivity index (χ3v) is 6.19. The molecule has 1 aliphatic rings. The average Bonchev–Trinajstić information content (AvgIpc) is 3.47. The number of rotatable bonds is 7. The van der Waals surface area contributed by atoms with E-state index in [1.165, 1.54) is 0 Å². The summed E-state index contributed by atoms with van der Waals surface area (Å²) >= 11 is 0. The number of carbonyl (C=O) groups excluding carboxylic acids is 2. The van der Waals surface area contributed by atoms with Crippen LogP contribution in [0.25, 0.3) is 5.69 Å². The smallest absolute Gasteiger partial charge is 0.318 e. The molecule has 3 aromatic carbocycles. The number of esters is 1. The normalized spacial score (nSPS) is 12.1. The van der Waals surface area contributed by atoms with E-state index in [1.807, 2.05) is 103 Å². The van der Waals surface area contributed by atoms with Crippen LogP contribution in [0.1, 0.15) is 38.8 Å². The van der Waals surface area contributed by atoms with E-state index in [0.29, 0.717) is 17.1 Å². The van der Waals surface area contributed by atoms with Gasteiger partial charge in [-0.2, -0.15) is 0 Å². The molecular weight excluding hydrogens is 442 g/mol. The van der Waals surface area contributed by atoms with Gasteiger partial charge in [0.05, 0.1) is 0 Å². The molecule has 0 unspecified atom stereocenters. The van der Waals surface area contributed by atoms with Crippen LogP contribution >= 0.6 is 0 Å². The van der Waals surface area contributed by atoms with Gasteiger partial charge in [-0.1, -0.05) is 60.7 Å². The van der Waals surface area contributed by atoms with Crippen LogP contribution in [0.15, 0.2) is 84.9 Å². The maximum Gasteiger partial charge on any atom is 0.318 e. The van der Waals surface area contributed by atoms with Crippen LogP contribution < -0.4 is 9.47 Å². The molecule has 6 heteroatoms. The fraction of sp³-hybridized carbons (Fsp3) is 0.172. The molecule has 1 aromatic heterocycles. The Morgan fingerprint density at radius 3 is 2.14 bits per heavy atom. The number of ether oxygens (including phenoxy) is 3. The lowest BCUT2D eigenvalue weighted by atomic mass is 9.91. The van der Waals surface area contributed by atoms with E-state index < -0.39 is 11.9 Å². The predicted octanol–water partition coefficient (Wildman–Crippen LogP) is 5.38. The van der Waals surface area contributed by atoms with Crippen molar-refractivity contribution < 1.29 is 23.8 Å². The molecule has 0 saturated carbocycles. The van der Waals surface area contributed by atoms with Crippen LogP contribution in [0.2, 0.25) is 0 Å². The van der Waals surface area contributed by atoms with Crippen LogP contribution in [0.4, 0.5) is 0 Å². The Morgan fingerprint density at radius 2 is 1.49 bits per heavy atom. The van der Waals surface area contributed by atoms with Gasteiger partial charge < -0.3 is 18.8 Å². The molecule has 2 heterocycles. The van der Waals surface area contributed by atoms with Crippen molar-refractivity contribution in [3.63, 3.8) is 0 Å². The summed E-state index contributed by atoms with van der Waals surface area (Å²) in [5.41, 5.74) is 4.68. The van der Waals surface area contributed by atoms with Gasteiger partial charge >= 0.3 is 5.97 Å². The van der Waals surface area contributed by atoms with Crippen LogP contribution in [-0.2, 0) is 9.53 Å². The molecule has 176 valence electrons. The number of hydrogen-bond acceptors (Lipinski definition) is 5. The van der Waals surface area contributed by atoms with Crippen LogP contribution in [0.3, 0.4) is 0 Å². The number of ketones is 1. The molecule has 0 radical (unpaired) electrons. The van der Waals surface area contributed by atoms with Crippen molar-refractivity contribution in [1.29, 1.82) is 0 Å². The Labute approximate surface area is 203 Å². The molecular formula is C29H25NO5. The van der Waals surface area contributed by atoms with Crippen LogP contribution in [0, 0.1) is 13.8 Å². The molecule has 6 nitrogen and oxygen atoms in total. The predicted molar refractivity (Wildman–Crippen MR) is 131 cm³/mol. The topological polar surface area (TPSA) is 66.8 Å². The fourth-order valence-electron chi connectivity index (χ4n) is 4.52. The zero-order valence-corrected chi connectivity index (χ0v) is 19.6. The lowest BCUT2D eigenvalue weighted by molar-refractivity contribution is -0.143. The third-order valence-electron chi connectivity index (χ3n) is 6.19. The highest BCUT2D eigenvalue weighted by molar-refractivity contribution is 6.00. The zero-order valence-electron chi connectivity index (χ0n) is 19.6. The Bertz CT molecular complexity index is 1340. The summed E-state index contributed by atoms with van der Waals surface area (Å²) in [5, 5.41) is 0. The Morgan fingerprint density at radius 1 is 0.857 bits per heavy atom. The number of Topliss-reactive ketones (excluding diaryl/α,β-unsaturated/α-hetero) is 1. The monoisotopic (exact) mass is 467 g/mol. The molecule has 1 aliphatic heterocycles. The van der Waals surface area contributed by atoms with Gasteiger partial charge in [0.25, 0.3) is 0 Å². The number of nitrogens with zero attached hydrogens (tertiary/aromatic N) is 1. The van der Waals surface area contributed by atoms with Crippen molar-refractivity contribution in [1.82, 2.24) is 4.57 Å². The standard InChI is InChI=1S/C29H25NO5/c1-19-15-24(20(2)30(19)23-13-14-26-27(16-23)35-18-34-26)25(31)17-33-29(32)28(21-9-5-3-6-10-21)22-11-7-4-8-12-22/h3-16,28H,17-18H2,1-2H3. The maximum atomic E-state index is 13.2. The maximum absolute atomic E-state index is 13.2. The number of aromatic nitrogens is 1. The third kappa shape index (κ3) is 4.43. The fourth-order valence-corrected chi connectivity index (χ4v) is 4.52. The summed E-state index contributed by atoms with van der Waals surface area (Å²) < 4.78 is 18.4. The van der Waals surface area contributed by atoms with E-state index in [-0.39, 0.29) is 19.2 Å². The van der Waals surface area contributed by atoms with Crippen molar-refractivity contribution >= 4 is 11.8 Å². The molecule has 0 saturated heterocycles. The van der Waals surface area contributed by atoms with Gasteiger partial charge in [-0.25, -0.2) is 0 Å². The summed E-state index contributed by atoms with van der Waals surface area (Å²) in [5.74, 6) is 0.0559. The van der Waals surface area contributed by atoms with Crippen LogP contribution in [0.5, 0.6) is 11.5 Å². The quantitative estimate of drug-likeness (QED) is 0.270. The van der Waals surface area contributed by atoms with Gasteiger partial charge in [-0.05, 0) is 43.2 Å². The summed E-state index contributed by atoms with van der Waals surface area (Å²) in [6.07, 6.45) is 0. The first-order valence-corrected chi connectivity index (χ1v) is 11.4. The Hall–Kier alpha value is -4.32. The van der Waals surface area contributed by atoms with E-state index in [0.717, 1.165) is 28.2 Å². The highest BCUT2D eigenvalue weighted by atomic mass is 16.7. The number of carbonyl (C=O) groups is 2. The van der Waals surface area contributed by atoms with Gasteiger partial charge in [-0.3, -0.25) is 9.59 Å². The molecule has 5 rings (SSSR count). The van der Waals surface area contributed by atoms with Crippen molar-refractivity contribution in [3.05, 3.63) is 113 Å². The Balaban J connectivity index is 1.35. The van der Waals surface area contributed by atoms with Gasteiger partial charge in [0.1, 0.15) is 5.92 Å². The van der Waals surface area contributed by atoms with Crippen molar-refractivity contribution in [2.45, 2.75) is 19.8 Å². The average molecular weight is 468 g/mol. The molecule has 0 fully saturated rings. The molecule has 0 aliphatic carbocycles. The number of fused-ring (bicyclic) bond motifs is 1. The lowest BCUT2D eigenvalue weighted by Crippen LogP contribution is -2.21. The first kappa shape index (κ1) is 22.5. The first-order valence-electron chi connectivity index (χ1n) is 11.4. The molecule has 0 bridgehead atoms. The van der Waals surface area contributed by atoms with E-state index in [4.69, 9.17) is 14.2 Å². The summed E-state index contributed by atoms with van der Waals surface area (Å²) in [7, 11) is 0. The molecule has 0 N–H and O–H groups in total. The molecule has 0 atom stereocenters. The minimum Gasteiger partial charge on any atom is -0.457 e. The summed E-state index contributed by atoms with van der Waals surface area (Å²) in [4.78, 5) is 26.3. The molecule has 4 aromatic rings. The van der Waals surface area contributed by atoms with E-state index >= 15 is 0 Å².